The van der Waals surface area contributed by atoms with Crippen molar-refractivity contribution < 1.29 is 0 Å². The lowest BCUT2D eigenvalue weighted by atomic mass is 10.1. The standard InChI is InChI=1S/C12H14ClNS/c1-2-3-10(8-14)9-15-12-6-4-11(13)5-7-12/h4-7,10H,2-3,9H2,1H3. The van der Waals surface area contributed by atoms with E-state index >= 15 is 0 Å². The Bertz CT molecular complexity index is 328. The van der Waals surface area contributed by atoms with E-state index in [-0.39, 0.29) is 5.92 Å². The second-order valence-electron chi connectivity index (χ2n) is 3.38. The molecule has 1 nitrogen and oxygen atoms in total. The van der Waals surface area contributed by atoms with Gasteiger partial charge in [-0.05, 0) is 30.7 Å². The highest BCUT2D eigenvalue weighted by Gasteiger charge is 2.06. The van der Waals surface area contributed by atoms with Gasteiger partial charge in [-0.1, -0.05) is 24.9 Å². The highest BCUT2D eigenvalue weighted by molar-refractivity contribution is 7.99. The highest BCUT2D eigenvalue weighted by Crippen LogP contribution is 2.23. The Morgan fingerprint density at radius 2 is 2.07 bits per heavy atom. The molecule has 0 aliphatic heterocycles. The van der Waals surface area contributed by atoms with Crippen molar-refractivity contribution in [1.82, 2.24) is 0 Å². The molecule has 0 aliphatic carbocycles. The average molecular weight is 240 g/mol. The smallest absolute Gasteiger partial charge is 0.0664 e. The van der Waals surface area contributed by atoms with E-state index in [9.17, 15) is 0 Å². The van der Waals surface area contributed by atoms with Gasteiger partial charge in [0, 0.05) is 15.7 Å². The third-order valence-corrected chi connectivity index (χ3v) is 3.51. The molecule has 1 rings (SSSR count). The molecule has 1 atom stereocenters. The van der Waals surface area contributed by atoms with Crippen LogP contribution in [0.3, 0.4) is 0 Å². The molecule has 15 heavy (non-hydrogen) atoms. The van der Waals surface area contributed by atoms with E-state index in [1.165, 1.54) is 4.90 Å². The molecule has 1 aromatic carbocycles. The van der Waals surface area contributed by atoms with Crippen molar-refractivity contribution >= 4 is 23.4 Å². The number of nitrogens with zero attached hydrogens (tertiary/aromatic N) is 1. The molecule has 1 unspecified atom stereocenters. The molecule has 0 aromatic heterocycles. The van der Waals surface area contributed by atoms with Gasteiger partial charge in [0.25, 0.3) is 0 Å². The molecule has 0 amide bonds. The monoisotopic (exact) mass is 239 g/mol. The summed E-state index contributed by atoms with van der Waals surface area (Å²) in [4.78, 5) is 1.18. The Hall–Kier alpha value is -0.650. The fourth-order valence-corrected chi connectivity index (χ4v) is 2.35. The lowest BCUT2D eigenvalue weighted by Gasteiger charge is -2.06. The number of rotatable bonds is 5. The van der Waals surface area contributed by atoms with Gasteiger partial charge >= 0.3 is 0 Å². The molecule has 0 saturated heterocycles. The molecule has 0 N–H and O–H groups in total. The van der Waals surface area contributed by atoms with Gasteiger partial charge in [-0.15, -0.1) is 11.8 Å². The Balaban J connectivity index is 2.42. The quantitative estimate of drug-likeness (QED) is 0.713. The topological polar surface area (TPSA) is 23.8 Å². The van der Waals surface area contributed by atoms with Gasteiger partial charge < -0.3 is 0 Å². The van der Waals surface area contributed by atoms with E-state index in [1.54, 1.807) is 11.8 Å². The second kappa shape index (κ2) is 6.76. The van der Waals surface area contributed by atoms with E-state index in [1.807, 2.05) is 24.3 Å². The van der Waals surface area contributed by atoms with Crippen LogP contribution in [0.15, 0.2) is 29.2 Å². The van der Waals surface area contributed by atoms with Crippen LogP contribution in [0.4, 0.5) is 0 Å². The van der Waals surface area contributed by atoms with E-state index in [4.69, 9.17) is 16.9 Å². The summed E-state index contributed by atoms with van der Waals surface area (Å²) >= 11 is 7.51. The zero-order valence-electron chi connectivity index (χ0n) is 8.74. The third-order valence-electron chi connectivity index (χ3n) is 2.08. The Kier molecular flexibility index (Phi) is 5.60. The average Bonchev–Trinajstić information content (AvgIpc) is 2.26. The maximum atomic E-state index is 8.89. The van der Waals surface area contributed by atoms with E-state index in [0.29, 0.717) is 0 Å². The van der Waals surface area contributed by atoms with Crippen molar-refractivity contribution in [3.05, 3.63) is 29.3 Å². The number of hydrogen-bond acceptors (Lipinski definition) is 2. The molecule has 1 aromatic rings. The van der Waals surface area contributed by atoms with Crippen LogP contribution in [0.5, 0.6) is 0 Å². The van der Waals surface area contributed by atoms with Crippen LogP contribution in [0, 0.1) is 17.2 Å². The molecule has 0 saturated carbocycles. The molecule has 0 fully saturated rings. The van der Waals surface area contributed by atoms with Crippen molar-refractivity contribution in [2.45, 2.75) is 24.7 Å². The van der Waals surface area contributed by atoms with Crippen LogP contribution < -0.4 is 0 Å². The first kappa shape index (κ1) is 12.4. The predicted octanol–water partition coefficient (Wildman–Crippen LogP) is 4.37. The molecular formula is C12H14ClNS. The van der Waals surface area contributed by atoms with Gasteiger partial charge in [-0.3, -0.25) is 0 Å². The maximum absolute atomic E-state index is 8.89. The van der Waals surface area contributed by atoms with Crippen molar-refractivity contribution in [3.63, 3.8) is 0 Å². The number of benzene rings is 1. The SMILES string of the molecule is CCCC(C#N)CSc1ccc(Cl)cc1. The number of hydrogen-bond donors (Lipinski definition) is 0. The number of thioether (sulfide) groups is 1. The first-order chi connectivity index (χ1) is 7.26. The minimum absolute atomic E-state index is 0.163. The van der Waals surface area contributed by atoms with E-state index in [2.05, 4.69) is 13.0 Å². The Labute approximate surface area is 100 Å². The van der Waals surface area contributed by atoms with Crippen LogP contribution in [0.1, 0.15) is 19.8 Å². The molecular weight excluding hydrogens is 226 g/mol. The van der Waals surface area contributed by atoms with Gasteiger partial charge in [0.2, 0.25) is 0 Å². The highest BCUT2D eigenvalue weighted by atomic mass is 35.5. The van der Waals surface area contributed by atoms with Gasteiger partial charge in [0.1, 0.15) is 0 Å². The molecule has 0 bridgehead atoms. The van der Waals surface area contributed by atoms with Gasteiger partial charge in [0.05, 0.1) is 12.0 Å². The predicted molar refractivity (Wildman–Crippen MR) is 66.2 cm³/mol. The lowest BCUT2D eigenvalue weighted by molar-refractivity contribution is 0.655. The lowest BCUT2D eigenvalue weighted by Crippen LogP contribution is -1.99. The number of halogens is 1. The summed E-state index contributed by atoms with van der Waals surface area (Å²) in [6.45, 7) is 2.11. The molecule has 0 spiro atoms. The van der Waals surface area contributed by atoms with Crippen LogP contribution >= 0.6 is 23.4 Å². The first-order valence-electron chi connectivity index (χ1n) is 5.04. The van der Waals surface area contributed by atoms with Gasteiger partial charge in [0.15, 0.2) is 0 Å². The Morgan fingerprint density at radius 3 is 2.60 bits per heavy atom. The molecule has 0 heterocycles. The van der Waals surface area contributed by atoms with Crippen LogP contribution in [0.25, 0.3) is 0 Å². The zero-order valence-corrected chi connectivity index (χ0v) is 10.3. The summed E-state index contributed by atoms with van der Waals surface area (Å²) < 4.78 is 0. The molecule has 80 valence electrons. The zero-order chi connectivity index (χ0) is 11.1. The second-order valence-corrected chi connectivity index (χ2v) is 4.91. The van der Waals surface area contributed by atoms with Gasteiger partial charge in [-0.2, -0.15) is 5.26 Å². The number of nitriles is 1. The minimum atomic E-state index is 0.163. The summed E-state index contributed by atoms with van der Waals surface area (Å²) in [5, 5.41) is 9.65. The van der Waals surface area contributed by atoms with Crippen molar-refractivity contribution in [1.29, 1.82) is 5.26 Å². The minimum Gasteiger partial charge on any atom is -0.198 e. The fraction of sp³-hybridized carbons (Fsp3) is 0.417. The Morgan fingerprint density at radius 1 is 1.40 bits per heavy atom. The summed E-state index contributed by atoms with van der Waals surface area (Å²) in [7, 11) is 0. The van der Waals surface area contributed by atoms with E-state index in [0.717, 1.165) is 23.6 Å². The van der Waals surface area contributed by atoms with Gasteiger partial charge in [-0.25, -0.2) is 0 Å². The molecule has 0 radical (unpaired) electrons. The first-order valence-corrected chi connectivity index (χ1v) is 6.40. The third kappa shape index (κ3) is 4.59. The van der Waals surface area contributed by atoms with Crippen molar-refractivity contribution in [2.75, 3.05) is 5.75 Å². The largest absolute Gasteiger partial charge is 0.198 e. The summed E-state index contributed by atoms with van der Waals surface area (Å²) in [6, 6.07) is 10.1. The summed E-state index contributed by atoms with van der Waals surface area (Å²) in [6.07, 6.45) is 2.05. The molecule has 0 aliphatic rings. The van der Waals surface area contributed by atoms with Crippen molar-refractivity contribution in [3.8, 4) is 6.07 Å². The van der Waals surface area contributed by atoms with Crippen LogP contribution in [-0.2, 0) is 0 Å². The maximum Gasteiger partial charge on any atom is 0.0664 e. The van der Waals surface area contributed by atoms with Crippen molar-refractivity contribution in [2.24, 2.45) is 5.92 Å². The van der Waals surface area contributed by atoms with E-state index < -0.39 is 0 Å². The summed E-state index contributed by atoms with van der Waals surface area (Å²) in [5.74, 6) is 1.03. The summed E-state index contributed by atoms with van der Waals surface area (Å²) in [5.41, 5.74) is 0. The normalized spacial score (nSPS) is 12.1. The molecule has 3 heteroatoms. The fourth-order valence-electron chi connectivity index (χ4n) is 1.26. The van der Waals surface area contributed by atoms with Crippen LogP contribution in [-0.4, -0.2) is 5.75 Å². The van der Waals surface area contributed by atoms with Crippen LogP contribution in [0.2, 0.25) is 5.02 Å².